The van der Waals surface area contributed by atoms with Crippen LogP contribution >= 0.6 is 0 Å². The summed E-state index contributed by atoms with van der Waals surface area (Å²) in [4.78, 5) is 37.0. The summed E-state index contributed by atoms with van der Waals surface area (Å²) < 4.78 is 23.9. The lowest BCUT2D eigenvalue weighted by Crippen LogP contribution is -2.35. The Morgan fingerprint density at radius 2 is 1.51 bits per heavy atom. The zero-order valence-corrected chi connectivity index (χ0v) is 25.7. The molecule has 1 aliphatic carbocycles. The highest BCUT2D eigenvalue weighted by atomic mass is 16.5. The van der Waals surface area contributed by atoms with Crippen molar-refractivity contribution >= 4 is 40.3 Å². The number of ether oxygens (including phenoxy) is 3. The van der Waals surface area contributed by atoms with E-state index in [1.807, 2.05) is 92.3 Å². The van der Waals surface area contributed by atoms with Crippen molar-refractivity contribution < 1.29 is 38.1 Å². The maximum Gasteiger partial charge on any atom is 0.325 e. The van der Waals surface area contributed by atoms with Crippen molar-refractivity contribution in [1.29, 1.82) is 0 Å². The van der Waals surface area contributed by atoms with Gasteiger partial charge < -0.3 is 38.3 Å². The van der Waals surface area contributed by atoms with Crippen molar-refractivity contribution in [2.75, 3.05) is 72.4 Å². The Morgan fingerprint density at radius 1 is 0.884 bits per heavy atom. The minimum absolute atomic E-state index is 0.157. The largest absolute Gasteiger partial charge is 0.550 e. The third-order valence-electron chi connectivity index (χ3n) is 6.63. The smallest absolute Gasteiger partial charge is 0.325 e. The minimum atomic E-state index is -1.08. The van der Waals surface area contributed by atoms with Gasteiger partial charge >= 0.3 is 11.9 Å². The van der Waals surface area contributed by atoms with E-state index < -0.39 is 17.9 Å². The molecule has 0 aromatic heterocycles. The summed E-state index contributed by atoms with van der Waals surface area (Å²) in [5, 5.41) is 10.8. The van der Waals surface area contributed by atoms with Gasteiger partial charge in [-0.25, -0.2) is 4.58 Å². The first-order valence-electron chi connectivity index (χ1n) is 13.3. The van der Waals surface area contributed by atoms with Crippen molar-refractivity contribution in [3.63, 3.8) is 0 Å². The van der Waals surface area contributed by atoms with Gasteiger partial charge in [0.15, 0.2) is 0 Å². The third kappa shape index (κ3) is 7.82. The lowest BCUT2D eigenvalue weighted by Gasteiger charge is -2.25. The monoisotopic (exact) mass is 591 g/mol. The molecule has 0 saturated heterocycles. The van der Waals surface area contributed by atoms with Crippen molar-refractivity contribution in [2.45, 2.75) is 6.92 Å². The number of fused-ring (bicyclic) bond motifs is 2. The Labute approximate surface area is 250 Å². The molecule has 11 nitrogen and oxygen atoms in total. The van der Waals surface area contributed by atoms with E-state index in [0.29, 0.717) is 11.4 Å². The molecule has 43 heavy (non-hydrogen) atoms. The highest BCUT2D eigenvalue weighted by molar-refractivity contribution is 6.03. The molecule has 2 aliphatic rings. The molecular formula is C32H37N3O8. The second-order valence-corrected chi connectivity index (χ2v) is 10.0. The number of anilines is 2. The highest BCUT2D eigenvalue weighted by Crippen LogP contribution is 2.43. The number of esters is 2. The van der Waals surface area contributed by atoms with Crippen molar-refractivity contribution in [3.05, 3.63) is 60.0 Å². The van der Waals surface area contributed by atoms with Crippen LogP contribution in [0.4, 0.5) is 11.4 Å². The number of rotatable bonds is 8. The number of aliphatic carboxylic acids is 1. The molecule has 11 heteroatoms. The molecule has 2 aromatic rings. The average Bonchev–Trinajstić information content (AvgIpc) is 2.97. The maximum absolute atomic E-state index is 12.3. The lowest BCUT2D eigenvalue weighted by atomic mass is 9.93. The topological polar surface area (TPSA) is 125 Å². The predicted molar refractivity (Wildman–Crippen MR) is 163 cm³/mol. The van der Waals surface area contributed by atoms with Gasteiger partial charge in [-0.1, -0.05) is 6.07 Å². The van der Waals surface area contributed by atoms with Crippen molar-refractivity contribution in [3.8, 4) is 28.2 Å². The van der Waals surface area contributed by atoms with Crippen LogP contribution in [-0.2, 0) is 23.9 Å². The molecule has 0 amide bonds. The van der Waals surface area contributed by atoms with Crippen molar-refractivity contribution in [2.24, 2.45) is 0 Å². The molecular weight excluding hydrogens is 554 g/mol. The number of carboxylic acids is 1. The number of methoxy groups -OCH3 is 3. The first-order chi connectivity index (χ1) is 20.4. The van der Waals surface area contributed by atoms with Crippen LogP contribution in [0.5, 0.6) is 5.75 Å². The first-order valence-corrected chi connectivity index (χ1v) is 13.3. The Morgan fingerprint density at radius 3 is 2.05 bits per heavy atom. The number of hydrogen-bond acceptors (Lipinski definition) is 10. The third-order valence-corrected chi connectivity index (χ3v) is 6.63. The van der Waals surface area contributed by atoms with Gasteiger partial charge in [0.2, 0.25) is 5.36 Å². The predicted octanol–water partition coefficient (Wildman–Crippen LogP) is 2.22. The molecule has 1 aliphatic heterocycles. The quantitative estimate of drug-likeness (QED) is 0.171. The fraction of sp³-hybridized carbons (Fsp3) is 0.312. The van der Waals surface area contributed by atoms with E-state index in [-0.39, 0.29) is 13.1 Å². The molecule has 1 heterocycles. The van der Waals surface area contributed by atoms with Crippen LogP contribution in [0.25, 0.3) is 33.4 Å². The summed E-state index contributed by atoms with van der Waals surface area (Å²) in [7, 11) is 12.1. The van der Waals surface area contributed by atoms with E-state index in [1.54, 1.807) is 12.0 Å². The number of nitrogens with zero attached hydrogens (tertiary/aromatic N) is 3. The Balaban J connectivity index is 0.00000119. The van der Waals surface area contributed by atoms with Crippen LogP contribution in [0.3, 0.4) is 0 Å². The highest BCUT2D eigenvalue weighted by Gasteiger charge is 2.23. The molecule has 228 valence electrons. The van der Waals surface area contributed by atoms with Crippen LogP contribution in [0.2, 0.25) is 0 Å². The Bertz CT molecular complexity index is 1650. The molecule has 0 bridgehead atoms. The lowest BCUT2D eigenvalue weighted by molar-refractivity contribution is -0.302. The van der Waals surface area contributed by atoms with Gasteiger partial charge in [0.25, 0.3) is 0 Å². The van der Waals surface area contributed by atoms with Crippen LogP contribution in [0, 0.1) is 0 Å². The Hall–Kier alpha value is -5.06. The average molecular weight is 592 g/mol. The summed E-state index contributed by atoms with van der Waals surface area (Å²) in [5.41, 5.74) is 5.06. The van der Waals surface area contributed by atoms with Gasteiger partial charge in [-0.05, 0) is 42.8 Å². The van der Waals surface area contributed by atoms with E-state index in [4.69, 9.17) is 28.5 Å². The van der Waals surface area contributed by atoms with E-state index in [2.05, 4.69) is 0 Å². The Kier molecular flexibility index (Phi) is 10.7. The number of benzene rings is 3. The number of carboxylic acid groups (broad SMARTS) is 1. The normalized spacial score (nSPS) is 10.4. The second kappa shape index (κ2) is 14.2. The molecule has 2 aromatic carbocycles. The fourth-order valence-corrected chi connectivity index (χ4v) is 4.49. The number of hydrogen-bond donors (Lipinski definition) is 0. The minimum Gasteiger partial charge on any atom is -0.550 e. The van der Waals surface area contributed by atoms with Crippen LogP contribution < -0.4 is 29.6 Å². The van der Waals surface area contributed by atoms with Gasteiger partial charge in [0, 0.05) is 54.4 Å². The first kappa shape index (κ1) is 32.5. The summed E-state index contributed by atoms with van der Waals surface area (Å²) >= 11 is 0. The van der Waals surface area contributed by atoms with Crippen LogP contribution in [0.15, 0.2) is 59.0 Å². The standard InChI is InChI=1S/C30H34N3O6.C2H4O2/c1-31(2)20-9-11-22-26(15-20)39-27-16-21(32(3)4)10-12-23(27)30(22)19-8-13-25(36-5)24(14-19)33(17-28(34)37-6)18-29(35)38-7;1-2(3)4/h8-16H,17-18H2,1-7H3;1H3,(H,3,4)/q+1;/p-1. The SMILES string of the molecule is CC(=O)[O-].COC(=O)CN(CC(=O)OC)c1cc(-c2c3ccc(=[N+](C)C)cc-3oc3cc(N(C)C)ccc23)ccc1OC. The second-order valence-electron chi connectivity index (χ2n) is 10.0. The fourth-order valence-electron chi connectivity index (χ4n) is 4.49. The molecule has 4 rings (SSSR count). The zero-order valence-electron chi connectivity index (χ0n) is 25.7. The molecule has 0 saturated carbocycles. The molecule has 0 N–H and O–H groups in total. The van der Waals surface area contributed by atoms with Gasteiger partial charge in [-0.2, -0.15) is 0 Å². The van der Waals surface area contributed by atoms with E-state index in [1.165, 1.54) is 14.2 Å². The summed E-state index contributed by atoms with van der Waals surface area (Å²) in [6.45, 7) is 0.658. The van der Waals surface area contributed by atoms with E-state index in [9.17, 15) is 9.59 Å². The van der Waals surface area contributed by atoms with Gasteiger partial charge in [0.1, 0.15) is 44.3 Å². The molecule has 0 atom stereocenters. The molecule has 0 unspecified atom stereocenters. The van der Waals surface area contributed by atoms with Crippen LogP contribution in [-0.4, -0.2) is 80.5 Å². The van der Waals surface area contributed by atoms with E-state index >= 15 is 0 Å². The summed E-state index contributed by atoms with van der Waals surface area (Å²) in [5.74, 6) is -0.829. The van der Waals surface area contributed by atoms with Gasteiger partial charge in [-0.3, -0.25) is 9.59 Å². The van der Waals surface area contributed by atoms with E-state index in [0.717, 1.165) is 51.4 Å². The number of carbonyl (C=O) groups excluding carboxylic acids is 3. The van der Waals surface area contributed by atoms with Gasteiger partial charge in [0.05, 0.1) is 33.1 Å². The molecule has 0 fully saturated rings. The molecule has 0 radical (unpaired) electrons. The summed E-state index contributed by atoms with van der Waals surface area (Å²) in [6.07, 6.45) is 0. The van der Waals surface area contributed by atoms with Gasteiger partial charge in [-0.15, -0.1) is 0 Å². The number of carbonyl (C=O) groups is 3. The van der Waals surface area contributed by atoms with Crippen LogP contribution in [0.1, 0.15) is 6.92 Å². The zero-order chi connectivity index (χ0) is 31.8. The maximum atomic E-state index is 12.3. The molecule has 0 spiro atoms. The van der Waals surface area contributed by atoms with Crippen molar-refractivity contribution in [1.82, 2.24) is 4.58 Å². The summed E-state index contributed by atoms with van der Waals surface area (Å²) in [6, 6.07) is 17.9.